The minimum Gasteiger partial charge on any atom is -0.496 e. The van der Waals surface area contributed by atoms with Crippen LogP contribution in [-0.2, 0) is 17.8 Å². The standard InChI is InChI=1S/C21H26N6O2/c1-26-11-7-16(14-26)19-20-21(24-9-8-23-20)27(25-19)12-10-22-18(28)13-15-5-3-4-6-17(15)29-2/h3-6,8-9,16H,7,10-14H2,1-2H3,(H,22,28). The van der Waals surface area contributed by atoms with E-state index in [0.29, 0.717) is 19.0 Å². The average molecular weight is 394 g/mol. The van der Waals surface area contributed by atoms with Gasteiger partial charge in [0.1, 0.15) is 11.3 Å². The number of nitrogens with one attached hydrogen (secondary N) is 1. The van der Waals surface area contributed by atoms with Gasteiger partial charge in [0.05, 0.1) is 25.8 Å². The van der Waals surface area contributed by atoms with Crippen molar-refractivity contribution in [1.29, 1.82) is 0 Å². The van der Waals surface area contributed by atoms with E-state index in [4.69, 9.17) is 9.84 Å². The second-order valence-electron chi connectivity index (χ2n) is 7.42. The molecule has 0 radical (unpaired) electrons. The van der Waals surface area contributed by atoms with E-state index in [0.717, 1.165) is 47.7 Å². The molecule has 29 heavy (non-hydrogen) atoms. The fourth-order valence-corrected chi connectivity index (χ4v) is 3.90. The number of fused-ring (bicyclic) bond motifs is 1. The number of aromatic nitrogens is 4. The molecule has 1 saturated heterocycles. The predicted octanol–water partition coefficient (Wildman–Crippen LogP) is 1.61. The van der Waals surface area contributed by atoms with Crippen LogP contribution in [0.5, 0.6) is 5.75 Å². The number of rotatable bonds is 7. The van der Waals surface area contributed by atoms with Gasteiger partial charge in [-0.15, -0.1) is 0 Å². The molecule has 2 aromatic heterocycles. The number of hydrogen-bond donors (Lipinski definition) is 1. The van der Waals surface area contributed by atoms with Crippen molar-refractivity contribution < 1.29 is 9.53 Å². The summed E-state index contributed by atoms with van der Waals surface area (Å²) in [6.07, 6.45) is 4.76. The zero-order valence-electron chi connectivity index (χ0n) is 16.8. The second kappa shape index (κ2) is 8.57. The van der Waals surface area contributed by atoms with Gasteiger partial charge >= 0.3 is 0 Å². The van der Waals surface area contributed by atoms with Crippen LogP contribution in [0.2, 0.25) is 0 Å². The number of benzene rings is 1. The predicted molar refractivity (Wildman–Crippen MR) is 110 cm³/mol. The van der Waals surface area contributed by atoms with Crippen LogP contribution >= 0.6 is 0 Å². The van der Waals surface area contributed by atoms with Gasteiger partial charge in [0.2, 0.25) is 5.91 Å². The molecule has 0 aliphatic carbocycles. The second-order valence-corrected chi connectivity index (χ2v) is 7.42. The summed E-state index contributed by atoms with van der Waals surface area (Å²) in [5.41, 5.74) is 3.53. The Bertz CT molecular complexity index is 1000. The third-order valence-corrected chi connectivity index (χ3v) is 5.36. The minimum atomic E-state index is -0.0466. The summed E-state index contributed by atoms with van der Waals surface area (Å²) in [6.45, 7) is 3.08. The van der Waals surface area contributed by atoms with E-state index in [2.05, 4.69) is 27.2 Å². The highest BCUT2D eigenvalue weighted by atomic mass is 16.5. The van der Waals surface area contributed by atoms with Gasteiger partial charge in [0.25, 0.3) is 0 Å². The summed E-state index contributed by atoms with van der Waals surface area (Å²) < 4.78 is 7.17. The van der Waals surface area contributed by atoms with Gasteiger partial charge in [0.15, 0.2) is 5.65 Å². The van der Waals surface area contributed by atoms with Crippen molar-refractivity contribution in [3.05, 3.63) is 47.9 Å². The maximum absolute atomic E-state index is 12.4. The van der Waals surface area contributed by atoms with E-state index in [1.54, 1.807) is 19.5 Å². The van der Waals surface area contributed by atoms with Gasteiger partial charge in [-0.3, -0.25) is 4.79 Å². The average Bonchev–Trinajstić information content (AvgIpc) is 3.32. The van der Waals surface area contributed by atoms with Gasteiger partial charge in [-0.2, -0.15) is 5.10 Å². The Balaban J connectivity index is 1.41. The SMILES string of the molecule is COc1ccccc1CC(=O)NCCn1nc(C2CCN(C)C2)c2nccnc21. The summed E-state index contributed by atoms with van der Waals surface area (Å²) in [4.78, 5) is 23.7. The summed E-state index contributed by atoms with van der Waals surface area (Å²) in [6, 6.07) is 7.56. The summed E-state index contributed by atoms with van der Waals surface area (Å²) in [5.74, 6) is 1.05. The van der Waals surface area contributed by atoms with Crippen molar-refractivity contribution in [2.75, 3.05) is 33.8 Å². The van der Waals surface area contributed by atoms with Crippen molar-refractivity contribution in [2.24, 2.45) is 0 Å². The lowest BCUT2D eigenvalue weighted by atomic mass is 10.0. The molecule has 1 amide bonds. The quantitative estimate of drug-likeness (QED) is 0.655. The Hall–Kier alpha value is -3.00. The lowest BCUT2D eigenvalue weighted by Gasteiger charge is -2.09. The topological polar surface area (TPSA) is 85.2 Å². The molecule has 0 bridgehead atoms. The zero-order valence-corrected chi connectivity index (χ0v) is 16.8. The van der Waals surface area contributed by atoms with Crippen molar-refractivity contribution in [2.45, 2.75) is 25.3 Å². The molecule has 1 atom stereocenters. The third kappa shape index (κ3) is 4.22. The van der Waals surface area contributed by atoms with Crippen molar-refractivity contribution in [3.63, 3.8) is 0 Å². The molecule has 1 aliphatic heterocycles. The molecule has 4 rings (SSSR count). The highest BCUT2D eigenvalue weighted by Gasteiger charge is 2.27. The maximum Gasteiger partial charge on any atom is 0.224 e. The number of carbonyl (C=O) groups excluding carboxylic acids is 1. The van der Waals surface area contributed by atoms with Crippen molar-refractivity contribution in [3.8, 4) is 5.75 Å². The van der Waals surface area contributed by atoms with Gasteiger partial charge < -0.3 is 15.0 Å². The molecule has 1 aliphatic rings. The van der Waals surface area contributed by atoms with Gasteiger partial charge in [-0.1, -0.05) is 18.2 Å². The maximum atomic E-state index is 12.4. The number of amides is 1. The number of likely N-dealkylation sites (tertiary alicyclic amines) is 1. The largest absolute Gasteiger partial charge is 0.496 e. The summed E-state index contributed by atoms with van der Waals surface area (Å²) in [5, 5.41) is 7.78. The third-order valence-electron chi connectivity index (χ3n) is 5.36. The number of likely N-dealkylation sites (N-methyl/N-ethyl adjacent to an activating group) is 1. The van der Waals surface area contributed by atoms with Crippen LogP contribution < -0.4 is 10.1 Å². The molecule has 1 aromatic carbocycles. The Morgan fingerprint density at radius 2 is 2.10 bits per heavy atom. The van der Waals surface area contributed by atoms with Crippen LogP contribution in [0.4, 0.5) is 0 Å². The highest BCUT2D eigenvalue weighted by Crippen LogP contribution is 2.29. The number of methoxy groups -OCH3 is 1. The van der Waals surface area contributed by atoms with Crippen LogP contribution in [0.15, 0.2) is 36.7 Å². The van der Waals surface area contributed by atoms with Gasteiger partial charge in [0, 0.05) is 37.0 Å². The smallest absolute Gasteiger partial charge is 0.224 e. The van der Waals surface area contributed by atoms with Crippen LogP contribution in [0.1, 0.15) is 23.6 Å². The highest BCUT2D eigenvalue weighted by molar-refractivity contribution is 5.79. The van der Waals surface area contributed by atoms with E-state index >= 15 is 0 Å². The Morgan fingerprint density at radius 3 is 2.90 bits per heavy atom. The molecule has 3 aromatic rings. The molecule has 8 nitrogen and oxygen atoms in total. The van der Waals surface area contributed by atoms with E-state index in [-0.39, 0.29) is 12.3 Å². The number of hydrogen-bond acceptors (Lipinski definition) is 6. The van der Waals surface area contributed by atoms with Crippen LogP contribution in [-0.4, -0.2) is 64.3 Å². The molecule has 152 valence electrons. The molecule has 0 spiro atoms. The van der Waals surface area contributed by atoms with E-state index < -0.39 is 0 Å². The monoisotopic (exact) mass is 394 g/mol. The first-order valence-corrected chi connectivity index (χ1v) is 9.90. The van der Waals surface area contributed by atoms with E-state index in [9.17, 15) is 4.79 Å². The first-order valence-electron chi connectivity index (χ1n) is 9.90. The summed E-state index contributed by atoms with van der Waals surface area (Å²) >= 11 is 0. The minimum absolute atomic E-state index is 0.0466. The lowest BCUT2D eigenvalue weighted by molar-refractivity contribution is -0.120. The Labute approximate surface area is 169 Å². The van der Waals surface area contributed by atoms with E-state index in [1.807, 2.05) is 28.9 Å². The fraction of sp³-hybridized carbons (Fsp3) is 0.429. The van der Waals surface area contributed by atoms with Crippen LogP contribution in [0.3, 0.4) is 0 Å². The molecule has 3 heterocycles. The first-order chi connectivity index (χ1) is 14.2. The number of ether oxygens (including phenoxy) is 1. The Kier molecular flexibility index (Phi) is 5.71. The lowest BCUT2D eigenvalue weighted by Crippen LogP contribution is -2.29. The molecule has 1 unspecified atom stereocenters. The number of para-hydroxylation sites is 1. The van der Waals surface area contributed by atoms with Gasteiger partial charge in [-0.25, -0.2) is 14.6 Å². The molecule has 1 N–H and O–H groups in total. The fourth-order valence-electron chi connectivity index (χ4n) is 3.90. The van der Waals surface area contributed by atoms with E-state index in [1.165, 1.54) is 0 Å². The molecular formula is C21H26N6O2. The molecular weight excluding hydrogens is 368 g/mol. The normalized spacial score (nSPS) is 17.0. The van der Waals surface area contributed by atoms with Crippen molar-refractivity contribution >= 4 is 17.1 Å². The van der Waals surface area contributed by atoms with Crippen LogP contribution in [0, 0.1) is 0 Å². The molecule has 1 fully saturated rings. The molecule has 0 saturated carbocycles. The Morgan fingerprint density at radius 1 is 1.28 bits per heavy atom. The van der Waals surface area contributed by atoms with Crippen LogP contribution in [0.25, 0.3) is 11.2 Å². The van der Waals surface area contributed by atoms with Crippen molar-refractivity contribution in [1.82, 2.24) is 30.0 Å². The zero-order chi connectivity index (χ0) is 20.2. The number of carbonyl (C=O) groups is 1. The first kappa shape index (κ1) is 19.3. The summed E-state index contributed by atoms with van der Waals surface area (Å²) in [7, 11) is 3.74. The van der Waals surface area contributed by atoms with Gasteiger partial charge in [-0.05, 0) is 26.1 Å². The molecule has 8 heteroatoms. The number of nitrogens with zero attached hydrogens (tertiary/aromatic N) is 5.